The molecule has 1 fully saturated rings. The maximum Gasteiger partial charge on any atom is 0.359 e. The predicted molar refractivity (Wildman–Crippen MR) is 106 cm³/mol. The highest BCUT2D eigenvalue weighted by Crippen LogP contribution is 2.19. The Bertz CT molecular complexity index is 1010. The first kappa shape index (κ1) is 23.0. The molecule has 9 nitrogen and oxygen atoms in total. The first-order chi connectivity index (χ1) is 15.3. The van der Waals surface area contributed by atoms with Crippen LogP contribution in [0.1, 0.15) is 30.3 Å². The molecular weight excluding hydrogens is 431 g/mol. The maximum absolute atomic E-state index is 13.6. The molecule has 2 aromatic rings. The molecule has 0 aliphatic carbocycles. The van der Waals surface area contributed by atoms with E-state index in [4.69, 9.17) is 4.74 Å². The van der Waals surface area contributed by atoms with E-state index in [1.807, 2.05) is 10.2 Å². The molecule has 1 unspecified atom stereocenters. The summed E-state index contributed by atoms with van der Waals surface area (Å²) in [5.41, 5.74) is -0.669. The highest BCUT2D eigenvalue weighted by Gasteiger charge is 2.22. The van der Waals surface area contributed by atoms with Crippen LogP contribution >= 0.6 is 0 Å². The highest BCUT2D eigenvalue weighted by molar-refractivity contribution is 5.96. The smallest absolute Gasteiger partial charge is 0.359 e. The predicted octanol–water partition coefficient (Wildman–Crippen LogP) is 1.79. The summed E-state index contributed by atoms with van der Waals surface area (Å²) < 4.78 is 44.7. The van der Waals surface area contributed by atoms with Crippen LogP contribution in [-0.4, -0.2) is 53.7 Å². The molecule has 1 aliphatic rings. The topological polar surface area (TPSA) is 114 Å². The van der Waals surface area contributed by atoms with Gasteiger partial charge in [0, 0.05) is 13.1 Å². The van der Waals surface area contributed by atoms with Crippen LogP contribution < -0.4 is 15.5 Å². The van der Waals surface area contributed by atoms with E-state index in [9.17, 15) is 27.6 Å². The number of hydrogen-bond acceptors (Lipinski definition) is 7. The van der Waals surface area contributed by atoms with Crippen LogP contribution in [0.2, 0.25) is 0 Å². The van der Waals surface area contributed by atoms with Gasteiger partial charge in [0.25, 0.3) is 5.91 Å². The minimum Gasteiger partial charge on any atom is -0.448 e. The molecule has 1 atom stereocenters. The monoisotopic (exact) mass is 451 g/mol. The number of anilines is 2. The molecule has 32 heavy (non-hydrogen) atoms. The first-order valence-electron chi connectivity index (χ1n) is 9.77. The first-order valence-corrected chi connectivity index (χ1v) is 9.77. The number of aromatic nitrogens is 2. The average Bonchev–Trinajstić information content (AvgIpc) is 3.33. The fourth-order valence-corrected chi connectivity index (χ4v) is 2.95. The van der Waals surface area contributed by atoms with Crippen molar-refractivity contribution < 1.29 is 32.3 Å². The Balaban J connectivity index is 1.47. The molecule has 0 saturated carbocycles. The Morgan fingerprint density at radius 3 is 2.44 bits per heavy atom. The molecule has 0 bridgehead atoms. The number of rotatable bonds is 7. The van der Waals surface area contributed by atoms with Crippen molar-refractivity contribution in [1.29, 1.82) is 0 Å². The van der Waals surface area contributed by atoms with Gasteiger partial charge in [-0.1, -0.05) is 0 Å². The molecule has 2 amide bonds. The maximum atomic E-state index is 13.6. The Morgan fingerprint density at radius 1 is 1.06 bits per heavy atom. The standard InChI is InChI=1S/C20H20F3N5O4/c1-11(32-20(31)14-6-7-15(27-26-14)28-8-2-3-9-28)19(30)24-10-16(29)25-13-5-4-12(21)17(22)18(13)23/h4-7,11H,2-3,8-10H2,1H3,(H,24,30)(H,25,29). The summed E-state index contributed by atoms with van der Waals surface area (Å²) in [6, 6.07) is 4.57. The zero-order chi connectivity index (χ0) is 23.3. The molecule has 2 N–H and O–H groups in total. The third-order valence-corrected chi connectivity index (χ3v) is 4.68. The number of benzene rings is 1. The molecule has 1 saturated heterocycles. The van der Waals surface area contributed by atoms with Gasteiger partial charge in [-0.25, -0.2) is 18.0 Å². The molecule has 3 rings (SSSR count). The zero-order valence-corrected chi connectivity index (χ0v) is 17.0. The van der Waals surface area contributed by atoms with E-state index in [1.165, 1.54) is 13.0 Å². The lowest BCUT2D eigenvalue weighted by molar-refractivity contribution is -0.130. The number of carbonyl (C=O) groups is 3. The Morgan fingerprint density at radius 2 is 1.78 bits per heavy atom. The van der Waals surface area contributed by atoms with Crippen molar-refractivity contribution in [1.82, 2.24) is 15.5 Å². The van der Waals surface area contributed by atoms with E-state index in [0.29, 0.717) is 11.9 Å². The number of esters is 1. The molecular formula is C20H20F3N5O4. The van der Waals surface area contributed by atoms with Crippen LogP contribution in [0.25, 0.3) is 0 Å². The van der Waals surface area contributed by atoms with Crippen LogP contribution in [0.3, 0.4) is 0 Å². The van der Waals surface area contributed by atoms with E-state index < -0.39 is 53.6 Å². The minimum atomic E-state index is -1.73. The lowest BCUT2D eigenvalue weighted by Crippen LogP contribution is -2.40. The van der Waals surface area contributed by atoms with Gasteiger partial charge in [-0.15, -0.1) is 10.2 Å². The van der Waals surface area contributed by atoms with Crippen LogP contribution in [0.4, 0.5) is 24.7 Å². The number of amides is 2. The van der Waals surface area contributed by atoms with Crippen LogP contribution in [-0.2, 0) is 14.3 Å². The number of hydrogen-bond donors (Lipinski definition) is 2. The second-order valence-corrected chi connectivity index (χ2v) is 7.01. The number of nitrogens with zero attached hydrogens (tertiary/aromatic N) is 3. The van der Waals surface area contributed by atoms with E-state index in [-0.39, 0.29) is 5.69 Å². The molecule has 1 aliphatic heterocycles. The summed E-state index contributed by atoms with van der Waals surface area (Å²) >= 11 is 0. The molecule has 1 aromatic carbocycles. The number of halogens is 3. The van der Waals surface area contributed by atoms with Crippen molar-refractivity contribution >= 4 is 29.3 Å². The number of ether oxygens (including phenoxy) is 1. The van der Waals surface area contributed by atoms with Crippen molar-refractivity contribution in [2.24, 2.45) is 0 Å². The van der Waals surface area contributed by atoms with Gasteiger partial charge in [-0.3, -0.25) is 9.59 Å². The second kappa shape index (κ2) is 10.1. The van der Waals surface area contributed by atoms with Crippen molar-refractivity contribution in [2.45, 2.75) is 25.9 Å². The van der Waals surface area contributed by atoms with Gasteiger partial charge in [0.1, 0.15) is 0 Å². The Kier molecular flexibility index (Phi) is 7.23. The minimum absolute atomic E-state index is 0.0841. The highest BCUT2D eigenvalue weighted by atomic mass is 19.2. The summed E-state index contributed by atoms with van der Waals surface area (Å²) in [4.78, 5) is 38.1. The van der Waals surface area contributed by atoms with Gasteiger partial charge < -0.3 is 20.3 Å². The van der Waals surface area contributed by atoms with E-state index >= 15 is 0 Å². The lowest BCUT2D eigenvalue weighted by Gasteiger charge is -2.16. The van der Waals surface area contributed by atoms with Crippen LogP contribution in [0.15, 0.2) is 24.3 Å². The molecule has 0 radical (unpaired) electrons. The fraction of sp³-hybridized carbons (Fsp3) is 0.350. The van der Waals surface area contributed by atoms with E-state index in [2.05, 4.69) is 15.5 Å². The SMILES string of the molecule is CC(OC(=O)c1ccc(N2CCCC2)nn1)C(=O)NCC(=O)Nc1ccc(F)c(F)c1F. The average molecular weight is 451 g/mol. The zero-order valence-electron chi connectivity index (χ0n) is 17.0. The normalized spacial score (nSPS) is 14.1. The van der Waals surface area contributed by atoms with E-state index in [0.717, 1.165) is 32.0 Å². The molecule has 1 aromatic heterocycles. The largest absolute Gasteiger partial charge is 0.448 e. The third kappa shape index (κ3) is 5.50. The number of carbonyl (C=O) groups excluding carboxylic acids is 3. The lowest BCUT2D eigenvalue weighted by atomic mass is 10.2. The van der Waals surface area contributed by atoms with Gasteiger partial charge in [0.2, 0.25) is 5.91 Å². The second-order valence-electron chi connectivity index (χ2n) is 7.01. The van der Waals surface area contributed by atoms with Gasteiger partial charge in [-0.05, 0) is 44.0 Å². The fourth-order valence-electron chi connectivity index (χ4n) is 2.95. The Labute approximate surface area is 180 Å². The van der Waals surface area contributed by atoms with Crippen molar-refractivity contribution in [3.8, 4) is 0 Å². The molecule has 170 valence electrons. The molecule has 2 heterocycles. The van der Waals surface area contributed by atoms with E-state index in [1.54, 1.807) is 6.07 Å². The third-order valence-electron chi connectivity index (χ3n) is 4.68. The summed E-state index contributed by atoms with van der Waals surface area (Å²) in [5, 5.41) is 12.0. The van der Waals surface area contributed by atoms with Gasteiger partial charge >= 0.3 is 5.97 Å². The number of nitrogens with one attached hydrogen (secondary N) is 2. The van der Waals surface area contributed by atoms with Crippen LogP contribution in [0.5, 0.6) is 0 Å². The quantitative estimate of drug-likeness (QED) is 0.487. The summed E-state index contributed by atoms with van der Waals surface area (Å²) in [5.74, 6) is -6.63. The summed E-state index contributed by atoms with van der Waals surface area (Å²) in [6.07, 6.45) is 0.855. The Hall–Kier alpha value is -3.70. The van der Waals surface area contributed by atoms with Gasteiger partial charge in [0.15, 0.2) is 35.1 Å². The molecule has 12 heteroatoms. The van der Waals surface area contributed by atoms with Crippen molar-refractivity contribution in [3.63, 3.8) is 0 Å². The van der Waals surface area contributed by atoms with Crippen LogP contribution in [0, 0.1) is 17.5 Å². The molecule has 0 spiro atoms. The van der Waals surface area contributed by atoms with Gasteiger partial charge in [0.05, 0.1) is 12.2 Å². The van der Waals surface area contributed by atoms with Crippen molar-refractivity contribution in [3.05, 3.63) is 47.4 Å². The summed E-state index contributed by atoms with van der Waals surface area (Å²) in [6.45, 7) is 2.40. The summed E-state index contributed by atoms with van der Waals surface area (Å²) in [7, 11) is 0. The van der Waals surface area contributed by atoms with Gasteiger partial charge in [-0.2, -0.15) is 0 Å². The van der Waals surface area contributed by atoms with Crippen molar-refractivity contribution in [2.75, 3.05) is 29.9 Å².